The maximum absolute atomic E-state index is 10.9. The Morgan fingerprint density at radius 3 is 2.43 bits per heavy atom. The number of aryl methyl sites for hydroxylation is 1. The number of hydrogen-bond acceptors (Lipinski definition) is 6. The van der Waals surface area contributed by atoms with Crippen LogP contribution in [0.4, 0.5) is 4.79 Å². The number of cyclic esters (lactones) is 2. The zero-order valence-electron chi connectivity index (χ0n) is 16.4. The largest absolute Gasteiger partial charge is 0.508 e. The van der Waals surface area contributed by atoms with Crippen LogP contribution in [0.1, 0.15) is 51.0 Å². The van der Waals surface area contributed by atoms with Crippen molar-refractivity contribution in [3.63, 3.8) is 0 Å². The Morgan fingerprint density at radius 2 is 1.75 bits per heavy atom. The van der Waals surface area contributed by atoms with Gasteiger partial charge >= 0.3 is 6.16 Å². The van der Waals surface area contributed by atoms with Gasteiger partial charge < -0.3 is 14.2 Å². The average molecular weight is 384 g/mol. The highest BCUT2D eigenvalue weighted by Gasteiger charge is 2.25. The van der Waals surface area contributed by atoms with Gasteiger partial charge in [-0.25, -0.2) is 14.8 Å². The summed E-state index contributed by atoms with van der Waals surface area (Å²) in [4.78, 5) is 19.9. The van der Waals surface area contributed by atoms with Crippen LogP contribution in [0, 0.1) is 0 Å². The van der Waals surface area contributed by atoms with Crippen molar-refractivity contribution in [2.45, 2.75) is 58.0 Å². The normalized spacial score (nSPS) is 15.9. The summed E-state index contributed by atoms with van der Waals surface area (Å²) in [6, 6.07) is 7.57. The van der Waals surface area contributed by atoms with Crippen LogP contribution >= 0.6 is 0 Å². The smallest absolute Gasteiger partial charge is 0.490 e. The van der Waals surface area contributed by atoms with E-state index in [0.717, 1.165) is 12.0 Å². The highest BCUT2D eigenvalue weighted by Crippen LogP contribution is 2.20. The topological polar surface area (TPSA) is 70.5 Å². The minimum atomic E-state index is -0.638. The van der Waals surface area contributed by atoms with Gasteiger partial charge in [0.15, 0.2) is 11.9 Å². The highest BCUT2D eigenvalue weighted by molar-refractivity contribution is 5.61. The maximum atomic E-state index is 10.9. The quantitative estimate of drug-likeness (QED) is 0.403. The molecule has 1 aromatic heterocycles. The van der Waals surface area contributed by atoms with Gasteiger partial charge in [-0.1, -0.05) is 39.0 Å². The van der Waals surface area contributed by atoms with Crippen molar-refractivity contribution in [2.24, 2.45) is 0 Å². The zero-order chi connectivity index (χ0) is 19.6. The molecule has 150 valence electrons. The van der Waals surface area contributed by atoms with Crippen molar-refractivity contribution >= 4 is 6.16 Å². The van der Waals surface area contributed by atoms with E-state index in [1.165, 1.54) is 44.1 Å². The highest BCUT2D eigenvalue weighted by atomic mass is 16.8. The van der Waals surface area contributed by atoms with Crippen LogP contribution in [0.15, 0.2) is 36.7 Å². The lowest BCUT2D eigenvalue weighted by Gasteiger charge is -2.09. The summed E-state index contributed by atoms with van der Waals surface area (Å²) < 4.78 is 15.3. The summed E-state index contributed by atoms with van der Waals surface area (Å²) in [7, 11) is 0. The summed E-state index contributed by atoms with van der Waals surface area (Å²) in [5.74, 6) is 1.41. The summed E-state index contributed by atoms with van der Waals surface area (Å²) in [5, 5.41) is 0. The number of nitrogens with zero attached hydrogens (tertiary/aromatic N) is 2. The van der Waals surface area contributed by atoms with E-state index in [1.54, 1.807) is 0 Å². The summed E-state index contributed by atoms with van der Waals surface area (Å²) in [6.45, 7) is 2.74. The molecule has 0 aliphatic carbocycles. The molecule has 1 saturated heterocycles. The molecule has 1 fully saturated rings. The summed E-state index contributed by atoms with van der Waals surface area (Å²) in [5.41, 5.74) is 2.13. The molecular weight excluding hydrogens is 356 g/mol. The van der Waals surface area contributed by atoms with Gasteiger partial charge in [-0.15, -0.1) is 0 Å². The van der Waals surface area contributed by atoms with E-state index in [9.17, 15) is 4.79 Å². The van der Waals surface area contributed by atoms with Gasteiger partial charge in [0.1, 0.15) is 19.0 Å². The second-order valence-corrected chi connectivity index (χ2v) is 7.07. The summed E-state index contributed by atoms with van der Waals surface area (Å²) in [6.07, 6.45) is 11.6. The lowest BCUT2D eigenvalue weighted by atomic mass is 10.1. The van der Waals surface area contributed by atoms with E-state index in [4.69, 9.17) is 14.2 Å². The molecule has 0 radical (unpaired) electrons. The molecule has 0 amide bonds. The van der Waals surface area contributed by atoms with Gasteiger partial charge in [0.25, 0.3) is 0 Å². The number of carbonyl (C=O) groups is 1. The second kappa shape index (κ2) is 10.6. The molecule has 1 atom stereocenters. The summed E-state index contributed by atoms with van der Waals surface area (Å²) >= 11 is 0. The van der Waals surface area contributed by atoms with Gasteiger partial charge in [-0.05, 0) is 42.7 Å². The molecule has 6 nitrogen and oxygen atoms in total. The SMILES string of the molecule is CCCCCCCCc1cnc(-c2ccc(OCC3COC(=O)O3)cc2)nc1. The predicted molar refractivity (Wildman–Crippen MR) is 106 cm³/mol. The molecule has 3 rings (SSSR count). The van der Waals surface area contributed by atoms with Crippen molar-refractivity contribution in [3.05, 3.63) is 42.2 Å². The Balaban J connectivity index is 1.43. The molecular formula is C22H28N2O4. The van der Waals surface area contributed by atoms with Crippen LogP contribution < -0.4 is 4.74 Å². The first kappa shape index (κ1) is 20.1. The first-order valence-electron chi connectivity index (χ1n) is 10.1. The molecule has 0 N–H and O–H groups in total. The standard InChI is InChI=1S/C22H28N2O4/c1-2-3-4-5-6-7-8-17-13-23-21(24-14-17)18-9-11-19(12-10-18)26-15-20-16-27-22(25)28-20/h9-14,20H,2-8,15-16H2,1H3. The van der Waals surface area contributed by atoms with Crippen molar-refractivity contribution in [1.29, 1.82) is 0 Å². The minimum absolute atomic E-state index is 0.232. The van der Waals surface area contributed by atoms with Crippen LogP contribution in [0.2, 0.25) is 0 Å². The maximum Gasteiger partial charge on any atom is 0.508 e. The van der Waals surface area contributed by atoms with Crippen LogP contribution in [0.3, 0.4) is 0 Å². The second-order valence-electron chi connectivity index (χ2n) is 7.07. The number of carbonyl (C=O) groups excluding carboxylic acids is 1. The van der Waals surface area contributed by atoms with E-state index in [0.29, 0.717) is 11.6 Å². The predicted octanol–water partition coefficient (Wildman–Crippen LogP) is 4.96. The van der Waals surface area contributed by atoms with Gasteiger partial charge in [-0.2, -0.15) is 0 Å². The molecule has 28 heavy (non-hydrogen) atoms. The third kappa shape index (κ3) is 6.22. The Hall–Kier alpha value is -2.63. The Bertz CT molecular complexity index is 731. The van der Waals surface area contributed by atoms with Crippen molar-refractivity contribution < 1.29 is 19.0 Å². The molecule has 1 aliphatic rings. The van der Waals surface area contributed by atoms with E-state index in [2.05, 4.69) is 16.9 Å². The number of unbranched alkanes of at least 4 members (excludes halogenated alkanes) is 5. The number of ether oxygens (including phenoxy) is 3. The van der Waals surface area contributed by atoms with E-state index < -0.39 is 6.16 Å². The molecule has 2 aromatic rings. The van der Waals surface area contributed by atoms with Crippen molar-refractivity contribution in [2.75, 3.05) is 13.2 Å². The first-order valence-corrected chi connectivity index (χ1v) is 10.1. The van der Waals surface area contributed by atoms with Crippen LogP contribution in [0.5, 0.6) is 5.75 Å². The molecule has 1 aliphatic heterocycles. The molecule has 0 bridgehead atoms. The van der Waals surface area contributed by atoms with Crippen LogP contribution in [0.25, 0.3) is 11.4 Å². The third-order valence-corrected chi connectivity index (χ3v) is 4.72. The molecule has 0 spiro atoms. The molecule has 1 unspecified atom stereocenters. The molecule has 1 aromatic carbocycles. The third-order valence-electron chi connectivity index (χ3n) is 4.72. The van der Waals surface area contributed by atoms with E-state index >= 15 is 0 Å². The first-order chi connectivity index (χ1) is 13.7. The van der Waals surface area contributed by atoms with Gasteiger partial charge in [0.2, 0.25) is 0 Å². The Morgan fingerprint density at radius 1 is 1.04 bits per heavy atom. The van der Waals surface area contributed by atoms with Gasteiger partial charge in [-0.3, -0.25) is 0 Å². The van der Waals surface area contributed by atoms with Crippen LogP contribution in [-0.4, -0.2) is 35.4 Å². The van der Waals surface area contributed by atoms with Gasteiger partial charge in [0.05, 0.1) is 0 Å². The number of hydrogen-bond donors (Lipinski definition) is 0. The fourth-order valence-electron chi connectivity index (χ4n) is 3.08. The number of rotatable bonds is 11. The lowest BCUT2D eigenvalue weighted by molar-refractivity contribution is 0.0983. The minimum Gasteiger partial charge on any atom is -0.490 e. The molecule has 0 saturated carbocycles. The lowest BCUT2D eigenvalue weighted by Crippen LogP contribution is -2.19. The van der Waals surface area contributed by atoms with Crippen LogP contribution in [-0.2, 0) is 15.9 Å². The fourth-order valence-corrected chi connectivity index (χ4v) is 3.08. The zero-order valence-corrected chi connectivity index (χ0v) is 16.4. The number of benzene rings is 1. The Labute approximate surface area is 166 Å². The Kier molecular flexibility index (Phi) is 7.64. The van der Waals surface area contributed by atoms with E-state index in [1.807, 2.05) is 36.7 Å². The van der Waals surface area contributed by atoms with Crippen molar-refractivity contribution in [3.8, 4) is 17.1 Å². The van der Waals surface area contributed by atoms with E-state index in [-0.39, 0.29) is 19.3 Å². The van der Waals surface area contributed by atoms with Crippen molar-refractivity contribution in [1.82, 2.24) is 9.97 Å². The fraction of sp³-hybridized carbons (Fsp3) is 0.500. The molecule has 2 heterocycles. The average Bonchev–Trinajstić information content (AvgIpc) is 3.15. The molecule has 6 heteroatoms. The van der Waals surface area contributed by atoms with Gasteiger partial charge in [0, 0.05) is 18.0 Å². The number of aromatic nitrogens is 2. The monoisotopic (exact) mass is 384 g/mol.